The lowest BCUT2D eigenvalue weighted by Crippen LogP contribution is -2.55. The standard InChI is InChI=1S/C11H15N3O2S/c1-7(12)11(16)14-5-4-13-10(15)9(14)8-3-2-6-17-8/h2-3,6-7,9H,4-5,12H2,1H3,(H,13,15)/t7-,9?/m0/s1. The third kappa shape index (κ3) is 2.32. The Balaban J connectivity index is 2.29. The molecular weight excluding hydrogens is 238 g/mol. The molecule has 2 amide bonds. The molecule has 1 aliphatic rings. The topological polar surface area (TPSA) is 75.4 Å². The van der Waals surface area contributed by atoms with E-state index in [-0.39, 0.29) is 11.8 Å². The second kappa shape index (κ2) is 4.85. The predicted octanol–water partition coefficient (Wildman–Crippen LogP) is 0.0948. The van der Waals surface area contributed by atoms with Gasteiger partial charge in [0.2, 0.25) is 11.8 Å². The number of carbonyl (C=O) groups is 2. The molecule has 0 radical (unpaired) electrons. The van der Waals surface area contributed by atoms with Crippen LogP contribution in [0.2, 0.25) is 0 Å². The van der Waals surface area contributed by atoms with Crippen molar-refractivity contribution < 1.29 is 9.59 Å². The lowest BCUT2D eigenvalue weighted by Gasteiger charge is -2.35. The quantitative estimate of drug-likeness (QED) is 0.784. The Bertz CT molecular complexity index is 416. The van der Waals surface area contributed by atoms with Crippen molar-refractivity contribution in [3.8, 4) is 0 Å². The van der Waals surface area contributed by atoms with Crippen LogP contribution >= 0.6 is 11.3 Å². The van der Waals surface area contributed by atoms with Gasteiger partial charge in [0, 0.05) is 18.0 Å². The highest BCUT2D eigenvalue weighted by atomic mass is 32.1. The molecule has 2 heterocycles. The van der Waals surface area contributed by atoms with Gasteiger partial charge in [0.15, 0.2) is 0 Å². The molecule has 1 saturated heterocycles. The van der Waals surface area contributed by atoms with Gasteiger partial charge in [-0.2, -0.15) is 0 Å². The minimum absolute atomic E-state index is 0.132. The Hall–Kier alpha value is -1.40. The summed E-state index contributed by atoms with van der Waals surface area (Å²) in [6, 6.07) is 2.63. The average molecular weight is 253 g/mol. The van der Waals surface area contributed by atoms with E-state index in [2.05, 4.69) is 5.32 Å². The van der Waals surface area contributed by atoms with Crippen molar-refractivity contribution in [3.05, 3.63) is 22.4 Å². The van der Waals surface area contributed by atoms with Crippen molar-refractivity contribution in [1.29, 1.82) is 0 Å². The second-order valence-electron chi connectivity index (χ2n) is 4.03. The normalized spacial score (nSPS) is 22.1. The van der Waals surface area contributed by atoms with Crippen LogP contribution in [0.25, 0.3) is 0 Å². The van der Waals surface area contributed by atoms with Crippen LogP contribution < -0.4 is 11.1 Å². The van der Waals surface area contributed by atoms with Gasteiger partial charge in [0.25, 0.3) is 0 Å². The first-order valence-electron chi connectivity index (χ1n) is 5.48. The Morgan fingerprint density at radius 3 is 3.06 bits per heavy atom. The monoisotopic (exact) mass is 253 g/mol. The largest absolute Gasteiger partial charge is 0.352 e. The number of hydrogen-bond acceptors (Lipinski definition) is 4. The zero-order valence-electron chi connectivity index (χ0n) is 9.55. The molecule has 1 aromatic heterocycles. The molecule has 17 heavy (non-hydrogen) atoms. The Morgan fingerprint density at radius 1 is 1.71 bits per heavy atom. The molecule has 3 N–H and O–H groups in total. The maximum atomic E-state index is 12.0. The fourth-order valence-electron chi connectivity index (χ4n) is 1.90. The molecule has 2 rings (SSSR count). The van der Waals surface area contributed by atoms with E-state index < -0.39 is 12.1 Å². The maximum absolute atomic E-state index is 12.0. The molecule has 1 aliphatic heterocycles. The van der Waals surface area contributed by atoms with Crippen molar-refractivity contribution in [3.63, 3.8) is 0 Å². The van der Waals surface area contributed by atoms with Gasteiger partial charge in [0.05, 0.1) is 6.04 Å². The smallest absolute Gasteiger partial charge is 0.248 e. The highest BCUT2D eigenvalue weighted by Crippen LogP contribution is 2.27. The molecule has 1 unspecified atom stereocenters. The van der Waals surface area contributed by atoms with Crippen molar-refractivity contribution in [1.82, 2.24) is 10.2 Å². The number of rotatable bonds is 2. The third-order valence-electron chi connectivity index (χ3n) is 2.70. The van der Waals surface area contributed by atoms with E-state index in [0.29, 0.717) is 13.1 Å². The number of amides is 2. The van der Waals surface area contributed by atoms with Gasteiger partial charge in [-0.05, 0) is 18.4 Å². The summed E-state index contributed by atoms with van der Waals surface area (Å²) in [5, 5.41) is 4.67. The highest BCUT2D eigenvalue weighted by molar-refractivity contribution is 7.10. The van der Waals surface area contributed by atoms with E-state index in [1.54, 1.807) is 11.8 Å². The van der Waals surface area contributed by atoms with Crippen LogP contribution in [0.15, 0.2) is 17.5 Å². The number of piperazine rings is 1. The molecule has 0 aliphatic carbocycles. The van der Waals surface area contributed by atoms with Crippen molar-refractivity contribution in [2.45, 2.75) is 19.0 Å². The molecule has 1 aromatic rings. The summed E-state index contributed by atoms with van der Waals surface area (Å²) >= 11 is 1.47. The predicted molar refractivity (Wildman–Crippen MR) is 65.4 cm³/mol. The zero-order chi connectivity index (χ0) is 12.4. The fraction of sp³-hybridized carbons (Fsp3) is 0.455. The van der Waals surface area contributed by atoms with E-state index in [0.717, 1.165) is 4.88 Å². The summed E-state index contributed by atoms with van der Waals surface area (Å²) in [5.74, 6) is -0.314. The van der Waals surface area contributed by atoms with Gasteiger partial charge in [-0.1, -0.05) is 6.07 Å². The van der Waals surface area contributed by atoms with Gasteiger partial charge < -0.3 is 16.0 Å². The van der Waals surface area contributed by atoms with Crippen molar-refractivity contribution >= 4 is 23.2 Å². The minimum atomic E-state index is -0.580. The van der Waals surface area contributed by atoms with E-state index in [9.17, 15) is 9.59 Å². The molecule has 0 aromatic carbocycles. The minimum Gasteiger partial charge on any atom is -0.352 e. The molecule has 6 heteroatoms. The molecule has 2 atom stereocenters. The van der Waals surface area contributed by atoms with E-state index in [4.69, 9.17) is 5.73 Å². The second-order valence-corrected chi connectivity index (χ2v) is 5.01. The molecule has 1 fully saturated rings. The lowest BCUT2D eigenvalue weighted by molar-refractivity contribution is -0.144. The number of nitrogens with one attached hydrogen (secondary N) is 1. The summed E-state index contributed by atoms with van der Waals surface area (Å²) in [5.41, 5.74) is 5.61. The van der Waals surface area contributed by atoms with E-state index in [1.807, 2.05) is 17.5 Å². The van der Waals surface area contributed by atoms with Crippen LogP contribution in [0.4, 0.5) is 0 Å². The molecule has 0 spiro atoms. The van der Waals surface area contributed by atoms with Crippen LogP contribution in [0, 0.1) is 0 Å². The molecule has 0 bridgehead atoms. The van der Waals surface area contributed by atoms with Gasteiger partial charge in [-0.3, -0.25) is 9.59 Å². The van der Waals surface area contributed by atoms with Gasteiger partial charge >= 0.3 is 0 Å². The summed E-state index contributed by atoms with van der Waals surface area (Å²) in [6.07, 6.45) is 0. The fourth-order valence-corrected chi connectivity index (χ4v) is 2.73. The van der Waals surface area contributed by atoms with Crippen LogP contribution in [0.5, 0.6) is 0 Å². The lowest BCUT2D eigenvalue weighted by atomic mass is 10.1. The van der Waals surface area contributed by atoms with Crippen LogP contribution in [-0.2, 0) is 9.59 Å². The first-order chi connectivity index (χ1) is 8.11. The Kier molecular flexibility index (Phi) is 3.44. The first-order valence-corrected chi connectivity index (χ1v) is 6.36. The Morgan fingerprint density at radius 2 is 2.47 bits per heavy atom. The molecule has 5 nitrogen and oxygen atoms in total. The highest BCUT2D eigenvalue weighted by Gasteiger charge is 2.35. The van der Waals surface area contributed by atoms with Crippen molar-refractivity contribution in [2.24, 2.45) is 5.73 Å². The number of hydrogen-bond donors (Lipinski definition) is 2. The Labute approximate surface area is 104 Å². The van der Waals surface area contributed by atoms with E-state index in [1.165, 1.54) is 11.3 Å². The van der Waals surface area contributed by atoms with Crippen molar-refractivity contribution in [2.75, 3.05) is 13.1 Å². The zero-order valence-corrected chi connectivity index (χ0v) is 10.4. The van der Waals surface area contributed by atoms with Gasteiger partial charge in [-0.25, -0.2) is 0 Å². The van der Waals surface area contributed by atoms with Gasteiger partial charge in [0.1, 0.15) is 6.04 Å². The number of nitrogens with zero attached hydrogens (tertiary/aromatic N) is 1. The average Bonchev–Trinajstić information content (AvgIpc) is 2.80. The van der Waals surface area contributed by atoms with Gasteiger partial charge in [-0.15, -0.1) is 11.3 Å². The van der Waals surface area contributed by atoms with Crippen LogP contribution in [0.1, 0.15) is 17.8 Å². The third-order valence-corrected chi connectivity index (χ3v) is 3.62. The summed E-state index contributed by atoms with van der Waals surface area (Å²) in [4.78, 5) is 26.3. The number of carbonyl (C=O) groups excluding carboxylic acids is 2. The molecule has 92 valence electrons. The molecular formula is C11H15N3O2S. The summed E-state index contributed by atoms with van der Waals surface area (Å²) in [7, 11) is 0. The first kappa shape index (κ1) is 12.1. The SMILES string of the molecule is C[C@H](N)C(=O)N1CCNC(=O)C1c1cccs1. The summed E-state index contributed by atoms with van der Waals surface area (Å²) in [6.45, 7) is 2.63. The van der Waals surface area contributed by atoms with E-state index >= 15 is 0 Å². The van der Waals surface area contributed by atoms with Crippen LogP contribution in [-0.4, -0.2) is 35.8 Å². The summed E-state index contributed by atoms with van der Waals surface area (Å²) < 4.78 is 0. The maximum Gasteiger partial charge on any atom is 0.248 e. The van der Waals surface area contributed by atoms with Crippen LogP contribution in [0.3, 0.4) is 0 Å². The number of thiophene rings is 1. The molecule has 0 saturated carbocycles. The number of nitrogens with two attached hydrogens (primary N) is 1.